The normalized spacial score (nSPS) is 10.3. The Bertz CT molecular complexity index is 986. The second-order valence-corrected chi connectivity index (χ2v) is 5.15. The Balaban J connectivity index is 1.74. The van der Waals surface area contributed by atoms with Crippen LogP contribution >= 0.6 is 0 Å². The van der Waals surface area contributed by atoms with Gasteiger partial charge in [0.05, 0.1) is 17.9 Å². The highest BCUT2D eigenvalue weighted by molar-refractivity contribution is 5.90. The van der Waals surface area contributed by atoms with Crippen LogP contribution in [0.5, 0.6) is 0 Å². The number of amides is 1. The van der Waals surface area contributed by atoms with Gasteiger partial charge in [-0.3, -0.25) is 9.59 Å². The lowest BCUT2D eigenvalue weighted by Crippen LogP contribution is -2.30. The summed E-state index contributed by atoms with van der Waals surface area (Å²) in [5, 5.41) is 19.5. The van der Waals surface area contributed by atoms with Gasteiger partial charge in [0, 0.05) is 5.69 Å². The topological polar surface area (TPSA) is 101 Å². The third kappa shape index (κ3) is 3.28. The summed E-state index contributed by atoms with van der Waals surface area (Å²) in [5.74, 6) is -0.380. The highest BCUT2D eigenvalue weighted by Gasteiger charge is 2.09. The molecule has 0 aliphatic carbocycles. The van der Waals surface area contributed by atoms with Crippen LogP contribution in [0.15, 0.2) is 53.3 Å². The molecule has 7 heteroatoms. The average Bonchev–Trinajstić information content (AvgIpc) is 2.60. The molecule has 1 aromatic heterocycles. The molecule has 7 nitrogen and oxygen atoms in total. The first-order valence-electron chi connectivity index (χ1n) is 7.25. The van der Waals surface area contributed by atoms with Gasteiger partial charge in [-0.2, -0.15) is 5.26 Å². The van der Waals surface area contributed by atoms with Crippen molar-refractivity contribution in [2.45, 2.75) is 13.0 Å². The Labute approximate surface area is 137 Å². The molecule has 3 rings (SSSR count). The monoisotopic (exact) mass is 319 g/mol. The number of benzene rings is 2. The van der Waals surface area contributed by atoms with E-state index in [4.69, 9.17) is 5.26 Å². The van der Waals surface area contributed by atoms with Crippen LogP contribution in [0.3, 0.4) is 0 Å². The molecule has 1 N–H and O–H groups in total. The molecule has 0 saturated heterocycles. The van der Waals surface area contributed by atoms with Crippen LogP contribution in [0.25, 0.3) is 10.9 Å². The summed E-state index contributed by atoms with van der Waals surface area (Å²) < 4.78 is 1.03. The van der Waals surface area contributed by atoms with Crippen molar-refractivity contribution in [1.82, 2.24) is 15.0 Å². The Kier molecular flexibility index (Phi) is 4.29. The van der Waals surface area contributed by atoms with Crippen molar-refractivity contribution < 1.29 is 4.79 Å². The molecule has 0 bridgehead atoms. The lowest BCUT2D eigenvalue weighted by atomic mass is 10.1. The van der Waals surface area contributed by atoms with Crippen molar-refractivity contribution in [2.24, 2.45) is 0 Å². The number of nitrogens with one attached hydrogen (secondary N) is 1. The summed E-state index contributed by atoms with van der Waals surface area (Å²) in [6, 6.07) is 15.8. The van der Waals surface area contributed by atoms with E-state index >= 15 is 0 Å². The van der Waals surface area contributed by atoms with Crippen LogP contribution in [0.2, 0.25) is 0 Å². The van der Waals surface area contributed by atoms with Crippen LogP contribution in [0, 0.1) is 11.3 Å². The minimum atomic E-state index is -0.380. The van der Waals surface area contributed by atoms with Crippen LogP contribution in [0.4, 0.5) is 5.69 Å². The van der Waals surface area contributed by atoms with Gasteiger partial charge in [0.25, 0.3) is 5.56 Å². The van der Waals surface area contributed by atoms with E-state index in [1.807, 2.05) is 0 Å². The summed E-state index contributed by atoms with van der Waals surface area (Å²) >= 11 is 0. The summed E-state index contributed by atoms with van der Waals surface area (Å²) in [4.78, 5) is 24.4. The molecular formula is C17H13N5O2. The third-order valence-electron chi connectivity index (χ3n) is 3.44. The molecule has 1 heterocycles. The Morgan fingerprint density at radius 3 is 2.67 bits per heavy atom. The number of aromatic nitrogens is 3. The van der Waals surface area contributed by atoms with Crippen molar-refractivity contribution in [3.05, 3.63) is 64.4 Å². The second-order valence-electron chi connectivity index (χ2n) is 5.15. The van der Waals surface area contributed by atoms with E-state index < -0.39 is 0 Å². The number of nitriles is 1. The SMILES string of the molecule is N#CCc1ccc(NC(=O)Cn2nnc3ccccc3c2=O)cc1. The molecular weight excluding hydrogens is 306 g/mol. The van der Waals surface area contributed by atoms with E-state index in [1.54, 1.807) is 48.5 Å². The minimum Gasteiger partial charge on any atom is -0.324 e. The summed E-state index contributed by atoms with van der Waals surface area (Å²) in [7, 11) is 0. The molecule has 0 fully saturated rings. The molecule has 0 atom stereocenters. The zero-order valence-corrected chi connectivity index (χ0v) is 12.6. The molecule has 0 radical (unpaired) electrons. The molecule has 3 aromatic rings. The molecule has 0 aliphatic rings. The summed E-state index contributed by atoms with van der Waals surface area (Å²) in [6.07, 6.45) is 0.316. The van der Waals surface area contributed by atoms with Gasteiger partial charge in [0.15, 0.2) is 0 Å². The van der Waals surface area contributed by atoms with E-state index in [1.165, 1.54) is 0 Å². The fraction of sp³-hybridized carbons (Fsp3) is 0.118. The third-order valence-corrected chi connectivity index (χ3v) is 3.44. The average molecular weight is 319 g/mol. The molecule has 2 aromatic carbocycles. The number of rotatable bonds is 4. The first-order valence-corrected chi connectivity index (χ1v) is 7.25. The Morgan fingerprint density at radius 2 is 1.92 bits per heavy atom. The fourth-order valence-electron chi connectivity index (χ4n) is 2.26. The summed E-state index contributed by atoms with van der Waals surface area (Å²) in [6.45, 7) is -0.226. The van der Waals surface area contributed by atoms with Gasteiger partial charge >= 0.3 is 0 Å². The van der Waals surface area contributed by atoms with E-state index in [-0.39, 0.29) is 18.0 Å². The maximum atomic E-state index is 12.3. The van der Waals surface area contributed by atoms with E-state index in [0.717, 1.165) is 10.2 Å². The second kappa shape index (κ2) is 6.71. The largest absolute Gasteiger partial charge is 0.324 e. The minimum absolute atomic E-state index is 0.226. The highest BCUT2D eigenvalue weighted by atomic mass is 16.2. The smallest absolute Gasteiger partial charge is 0.278 e. The zero-order valence-electron chi connectivity index (χ0n) is 12.6. The van der Waals surface area contributed by atoms with Gasteiger partial charge in [0.2, 0.25) is 5.91 Å². The van der Waals surface area contributed by atoms with Gasteiger partial charge in [-0.05, 0) is 29.8 Å². The lowest BCUT2D eigenvalue weighted by molar-refractivity contribution is -0.117. The van der Waals surface area contributed by atoms with E-state index in [2.05, 4.69) is 21.7 Å². The predicted molar refractivity (Wildman–Crippen MR) is 88.2 cm³/mol. The highest BCUT2D eigenvalue weighted by Crippen LogP contribution is 2.10. The quantitative estimate of drug-likeness (QED) is 0.785. The van der Waals surface area contributed by atoms with Crippen molar-refractivity contribution in [1.29, 1.82) is 5.26 Å². The predicted octanol–water partition coefficient (Wildman–Crippen LogP) is 1.50. The van der Waals surface area contributed by atoms with Gasteiger partial charge in [-0.15, -0.1) is 5.10 Å². The molecule has 0 spiro atoms. The van der Waals surface area contributed by atoms with Crippen LogP contribution in [0.1, 0.15) is 5.56 Å². The number of anilines is 1. The van der Waals surface area contributed by atoms with Gasteiger partial charge < -0.3 is 5.32 Å². The van der Waals surface area contributed by atoms with Gasteiger partial charge in [-0.25, -0.2) is 4.68 Å². The molecule has 0 unspecified atom stereocenters. The van der Waals surface area contributed by atoms with Crippen molar-refractivity contribution >= 4 is 22.5 Å². The maximum absolute atomic E-state index is 12.3. The van der Waals surface area contributed by atoms with Crippen LogP contribution in [-0.2, 0) is 17.8 Å². The van der Waals surface area contributed by atoms with Gasteiger partial charge in [-0.1, -0.05) is 29.5 Å². The van der Waals surface area contributed by atoms with Gasteiger partial charge in [0.1, 0.15) is 12.1 Å². The number of carbonyl (C=O) groups is 1. The lowest BCUT2D eigenvalue weighted by Gasteiger charge is -2.07. The number of nitrogens with zero attached hydrogens (tertiary/aromatic N) is 4. The fourth-order valence-corrected chi connectivity index (χ4v) is 2.26. The molecule has 24 heavy (non-hydrogen) atoms. The van der Waals surface area contributed by atoms with Crippen molar-refractivity contribution in [3.63, 3.8) is 0 Å². The molecule has 0 saturated carbocycles. The first kappa shape index (κ1) is 15.4. The number of hydrogen-bond donors (Lipinski definition) is 1. The maximum Gasteiger partial charge on any atom is 0.278 e. The molecule has 1 amide bonds. The number of carbonyl (C=O) groups excluding carboxylic acids is 1. The Hall–Kier alpha value is -3.53. The zero-order chi connectivity index (χ0) is 16.9. The van der Waals surface area contributed by atoms with E-state index in [9.17, 15) is 9.59 Å². The van der Waals surface area contributed by atoms with Crippen molar-refractivity contribution in [2.75, 3.05) is 5.32 Å². The standard InChI is InChI=1S/C17H13N5O2/c18-10-9-12-5-7-13(8-6-12)19-16(23)11-22-17(24)14-3-1-2-4-15(14)20-21-22/h1-8H,9,11H2,(H,19,23). The van der Waals surface area contributed by atoms with E-state index in [0.29, 0.717) is 23.0 Å². The molecule has 0 aliphatic heterocycles. The number of fused-ring (bicyclic) bond motifs is 1. The summed E-state index contributed by atoms with van der Waals surface area (Å²) in [5.41, 5.74) is 1.59. The van der Waals surface area contributed by atoms with Crippen LogP contribution < -0.4 is 10.9 Å². The first-order chi connectivity index (χ1) is 11.7. The molecule has 118 valence electrons. The van der Waals surface area contributed by atoms with Crippen LogP contribution in [-0.4, -0.2) is 20.9 Å². The van der Waals surface area contributed by atoms with Crippen molar-refractivity contribution in [3.8, 4) is 6.07 Å². The Morgan fingerprint density at radius 1 is 1.17 bits per heavy atom. The number of hydrogen-bond acceptors (Lipinski definition) is 5.